The monoisotopic (exact) mass is 733 g/mol. The van der Waals surface area contributed by atoms with Gasteiger partial charge in [-0.1, -0.05) is 41.4 Å². The maximum absolute atomic E-state index is 14.4. The molecular formula is C32H30Cl2IN3O5. The first-order valence-electron chi connectivity index (χ1n) is 14.2. The minimum Gasteiger partial charge on any atom is -0.490 e. The first-order chi connectivity index (χ1) is 20.7. The summed E-state index contributed by atoms with van der Waals surface area (Å²) >= 11 is 15.0. The number of piperidine rings is 2. The number of carbonyl (C=O) groups excluding carboxylic acids is 3. The summed E-state index contributed by atoms with van der Waals surface area (Å²) in [6.45, 7) is 3.15. The van der Waals surface area contributed by atoms with Crippen LogP contribution >= 0.6 is 45.8 Å². The van der Waals surface area contributed by atoms with E-state index >= 15 is 0 Å². The summed E-state index contributed by atoms with van der Waals surface area (Å²) in [6, 6.07) is 17.8. The summed E-state index contributed by atoms with van der Waals surface area (Å²) in [5.74, 6) is -0.344. The molecule has 224 valence electrons. The van der Waals surface area contributed by atoms with Gasteiger partial charge in [0.1, 0.15) is 17.3 Å². The van der Waals surface area contributed by atoms with Gasteiger partial charge in [-0.15, -0.1) is 0 Å². The number of halogens is 3. The fourth-order valence-corrected chi connectivity index (χ4v) is 7.56. The lowest BCUT2D eigenvalue weighted by molar-refractivity contribution is -0.131. The van der Waals surface area contributed by atoms with Crippen LogP contribution in [0.5, 0.6) is 5.75 Å². The second kappa shape index (κ2) is 12.2. The molecule has 6 rings (SSSR count). The molecule has 2 saturated heterocycles. The Kier molecular flexibility index (Phi) is 8.50. The van der Waals surface area contributed by atoms with E-state index in [4.69, 9.17) is 32.7 Å². The van der Waals surface area contributed by atoms with Gasteiger partial charge in [0.25, 0.3) is 0 Å². The molecule has 3 heterocycles. The van der Waals surface area contributed by atoms with Crippen molar-refractivity contribution in [3.8, 4) is 5.75 Å². The van der Waals surface area contributed by atoms with Crippen molar-refractivity contribution in [2.45, 2.75) is 49.7 Å². The molecule has 3 aromatic carbocycles. The molecule has 2 fully saturated rings. The number of anilines is 1. The predicted octanol–water partition coefficient (Wildman–Crippen LogP) is 6.83. The summed E-state index contributed by atoms with van der Waals surface area (Å²) in [4.78, 5) is 41.8. The number of rotatable bonds is 5. The Morgan fingerprint density at radius 3 is 2.56 bits per heavy atom. The Balaban J connectivity index is 1.44. The van der Waals surface area contributed by atoms with Gasteiger partial charge >= 0.3 is 6.09 Å². The lowest BCUT2D eigenvalue weighted by Gasteiger charge is -2.47. The molecule has 3 aliphatic heterocycles. The van der Waals surface area contributed by atoms with Crippen molar-refractivity contribution in [1.29, 1.82) is 0 Å². The van der Waals surface area contributed by atoms with E-state index in [1.165, 1.54) is 0 Å². The zero-order valence-corrected chi connectivity index (χ0v) is 27.0. The number of hydrogen-bond donors (Lipinski definition) is 2. The highest BCUT2D eigenvalue weighted by Gasteiger charge is 2.61. The normalized spacial score (nSPS) is 23.5. The van der Waals surface area contributed by atoms with Gasteiger partial charge < -0.3 is 25.0 Å². The van der Waals surface area contributed by atoms with Crippen LogP contribution in [0, 0.1) is 3.57 Å². The average Bonchev–Trinajstić information content (AvgIpc) is 3.26. The number of nitrogens with zero attached hydrogens (tertiary/aromatic N) is 1. The van der Waals surface area contributed by atoms with Gasteiger partial charge in [0.05, 0.1) is 12.6 Å². The van der Waals surface area contributed by atoms with Crippen molar-refractivity contribution in [3.63, 3.8) is 0 Å². The Morgan fingerprint density at radius 1 is 1.05 bits per heavy atom. The maximum atomic E-state index is 14.4. The highest BCUT2D eigenvalue weighted by Crippen LogP contribution is 2.58. The van der Waals surface area contributed by atoms with Crippen LogP contribution in [-0.4, -0.2) is 48.6 Å². The minimum absolute atomic E-state index is 0.0960. The van der Waals surface area contributed by atoms with Crippen molar-refractivity contribution in [3.05, 3.63) is 91.0 Å². The van der Waals surface area contributed by atoms with Gasteiger partial charge in [-0.3, -0.25) is 9.59 Å². The second-order valence-electron chi connectivity index (χ2n) is 11.0. The van der Waals surface area contributed by atoms with Gasteiger partial charge in [-0.05, 0) is 83.1 Å². The molecule has 0 bridgehead atoms. The smallest absolute Gasteiger partial charge is 0.409 e. The second-order valence-corrected chi connectivity index (χ2v) is 13.1. The number of amides is 3. The Bertz CT molecular complexity index is 1590. The first-order valence-corrected chi connectivity index (χ1v) is 16.1. The van der Waals surface area contributed by atoms with Gasteiger partial charge in [0.15, 0.2) is 0 Å². The Labute approximate surface area is 273 Å². The van der Waals surface area contributed by atoms with E-state index in [0.29, 0.717) is 59.6 Å². The topological polar surface area (TPSA) is 97.0 Å². The van der Waals surface area contributed by atoms with Crippen molar-refractivity contribution in [1.82, 2.24) is 10.2 Å². The number of carbonyl (C=O) groups is 3. The van der Waals surface area contributed by atoms with Crippen LogP contribution in [0.4, 0.5) is 10.5 Å². The number of nitrogens with one attached hydrogen (secondary N) is 2. The molecule has 1 spiro atoms. The van der Waals surface area contributed by atoms with Crippen LogP contribution in [-0.2, 0) is 19.7 Å². The van der Waals surface area contributed by atoms with Crippen LogP contribution in [0.25, 0.3) is 0 Å². The Hall–Kier alpha value is -3.02. The van der Waals surface area contributed by atoms with Crippen LogP contribution in [0.3, 0.4) is 0 Å². The molecule has 3 aliphatic rings. The molecule has 2 N–H and O–H groups in total. The molecule has 3 atom stereocenters. The summed E-state index contributed by atoms with van der Waals surface area (Å²) in [5.41, 5.74) is 1.66. The summed E-state index contributed by atoms with van der Waals surface area (Å²) in [6.07, 6.45) is 0.866. The number of benzene rings is 3. The average molecular weight is 734 g/mol. The van der Waals surface area contributed by atoms with E-state index in [0.717, 1.165) is 14.7 Å². The van der Waals surface area contributed by atoms with Gasteiger partial charge in [0, 0.05) is 63.1 Å². The van der Waals surface area contributed by atoms with E-state index < -0.39 is 17.4 Å². The minimum atomic E-state index is -1.21. The van der Waals surface area contributed by atoms with E-state index in [9.17, 15) is 14.4 Å². The number of hydrogen-bond acceptors (Lipinski definition) is 5. The molecule has 11 heteroatoms. The van der Waals surface area contributed by atoms with E-state index in [1.807, 2.05) is 42.5 Å². The fourth-order valence-electron chi connectivity index (χ4n) is 6.67. The Morgan fingerprint density at radius 2 is 1.81 bits per heavy atom. The largest absolute Gasteiger partial charge is 0.490 e. The molecule has 3 aromatic rings. The third-order valence-electron chi connectivity index (χ3n) is 8.55. The van der Waals surface area contributed by atoms with E-state index in [-0.39, 0.29) is 30.4 Å². The number of likely N-dealkylation sites (tertiary alicyclic amines) is 1. The maximum Gasteiger partial charge on any atom is 0.409 e. The zero-order chi connectivity index (χ0) is 30.3. The third-order valence-corrected chi connectivity index (χ3v) is 9.69. The standard InChI is InChI=1S/C32H30Cl2IN3O5/c1-2-42-31(41)38-12-10-22(11-13-38)43-27-9-7-21(35)16-23(27)29-32(24-8-6-20(34)15-26(24)36-30(32)40)25(17-28(39)37-29)18-4-3-5-19(33)14-18/h3-9,14-16,22,25,29H,2,10-13,17H2,1H3,(H,36,40)(H,37,39)/t25-,29+,32-/m0/s1. The zero-order valence-electron chi connectivity index (χ0n) is 23.4. The third kappa shape index (κ3) is 5.55. The molecule has 0 unspecified atom stereocenters. The SMILES string of the molecule is CCOC(=O)N1CCC(Oc2ccc(I)cc2[C@H]2NC(=O)C[C@@H](c3cccc(Cl)c3)[C@]23C(=O)Nc2cc(Cl)ccc23)CC1. The lowest BCUT2D eigenvalue weighted by Crippen LogP contribution is -2.57. The quantitative estimate of drug-likeness (QED) is 0.281. The molecule has 43 heavy (non-hydrogen) atoms. The summed E-state index contributed by atoms with van der Waals surface area (Å²) in [5, 5.41) is 7.28. The van der Waals surface area contributed by atoms with Crippen LogP contribution in [0.15, 0.2) is 60.7 Å². The predicted molar refractivity (Wildman–Crippen MR) is 173 cm³/mol. The molecule has 0 radical (unpaired) electrons. The van der Waals surface area contributed by atoms with Crippen molar-refractivity contribution < 1.29 is 23.9 Å². The number of ether oxygens (including phenoxy) is 2. The van der Waals surface area contributed by atoms with Crippen LogP contribution in [0.2, 0.25) is 10.0 Å². The van der Waals surface area contributed by atoms with Crippen molar-refractivity contribution in [2.24, 2.45) is 0 Å². The van der Waals surface area contributed by atoms with Crippen LogP contribution in [0.1, 0.15) is 54.8 Å². The summed E-state index contributed by atoms with van der Waals surface area (Å²) in [7, 11) is 0. The lowest BCUT2D eigenvalue weighted by atomic mass is 9.59. The van der Waals surface area contributed by atoms with Crippen molar-refractivity contribution in [2.75, 3.05) is 25.0 Å². The highest BCUT2D eigenvalue weighted by molar-refractivity contribution is 14.1. The van der Waals surface area contributed by atoms with Gasteiger partial charge in [-0.25, -0.2) is 4.79 Å². The molecule has 0 aromatic heterocycles. The van der Waals surface area contributed by atoms with Crippen LogP contribution < -0.4 is 15.4 Å². The highest BCUT2D eigenvalue weighted by atomic mass is 127. The van der Waals surface area contributed by atoms with Crippen molar-refractivity contribution >= 4 is 69.4 Å². The number of fused-ring (bicyclic) bond motifs is 2. The van der Waals surface area contributed by atoms with E-state index in [2.05, 4.69) is 33.2 Å². The fraction of sp³-hybridized carbons (Fsp3) is 0.344. The summed E-state index contributed by atoms with van der Waals surface area (Å²) < 4.78 is 12.7. The first kappa shape index (κ1) is 30.0. The van der Waals surface area contributed by atoms with Gasteiger partial charge in [-0.2, -0.15) is 0 Å². The van der Waals surface area contributed by atoms with Gasteiger partial charge in [0.2, 0.25) is 11.8 Å². The molecule has 0 aliphatic carbocycles. The molecule has 0 saturated carbocycles. The molecule has 3 amide bonds. The molecular weight excluding hydrogens is 704 g/mol. The molecule has 8 nitrogen and oxygen atoms in total. The van der Waals surface area contributed by atoms with E-state index in [1.54, 1.807) is 30.0 Å².